The minimum Gasteiger partial charge on any atom is -0.481 e. The van der Waals surface area contributed by atoms with Gasteiger partial charge >= 0.3 is 6.01 Å². The molecule has 0 fully saturated rings. The highest BCUT2D eigenvalue weighted by Gasteiger charge is 2.12. The third kappa shape index (κ3) is 4.95. The standard InChI is InChI=1S/C19H17N5O5/c1-27-17-11-18(28-2)22-19(21-17)29-16-10-6-3-7-13(16)12-20-23-14-8-4-5-9-15(14)24(25)26/h3-12,23H,1-2H3. The molecule has 10 heteroatoms. The van der Waals surface area contributed by atoms with Gasteiger partial charge in [-0.25, -0.2) is 0 Å². The van der Waals surface area contributed by atoms with Crippen molar-refractivity contribution >= 4 is 17.6 Å². The molecule has 148 valence electrons. The number of hydrazone groups is 1. The minimum absolute atomic E-state index is 0.0358. The number of hydrogen-bond acceptors (Lipinski definition) is 9. The Labute approximate surface area is 165 Å². The molecule has 0 atom stereocenters. The Morgan fingerprint density at radius 3 is 2.38 bits per heavy atom. The maximum absolute atomic E-state index is 11.1. The van der Waals surface area contributed by atoms with Gasteiger partial charge in [-0.05, 0) is 18.2 Å². The lowest BCUT2D eigenvalue weighted by atomic mass is 10.2. The van der Waals surface area contributed by atoms with E-state index in [1.54, 1.807) is 42.5 Å². The number of nitro groups is 1. The van der Waals surface area contributed by atoms with E-state index in [0.29, 0.717) is 11.3 Å². The number of nitrogens with one attached hydrogen (secondary N) is 1. The topological polar surface area (TPSA) is 121 Å². The summed E-state index contributed by atoms with van der Waals surface area (Å²) in [5.74, 6) is 1.00. The molecule has 0 radical (unpaired) electrons. The Balaban J connectivity index is 1.81. The number of anilines is 1. The summed E-state index contributed by atoms with van der Waals surface area (Å²) < 4.78 is 16.0. The van der Waals surface area contributed by atoms with Crippen LogP contribution in [0.15, 0.2) is 59.7 Å². The Kier molecular flexibility index (Phi) is 6.15. The first-order chi connectivity index (χ1) is 14.1. The maximum atomic E-state index is 11.1. The Morgan fingerprint density at radius 1 is 1.03 bits per heavy atom. The van der Waals surface area contributed by atoms with Crippen LogP contribution >= 0.6 is 0 Å². The van der Waals surface area contributed by atoms with E-state index in [9.17, 15) is 10.1 Å². The second-order valence-corrected chi connectivity index (χ2v) is 5.52. The number of para-hydroxylation sites is 3. The zero-order valence-corrected chi connectivity index (χ0v) is 15.6. The summed E-state index contributed by atoms with van der Waals surface area (Å²) in [6.07, 6.45) is 1.48. The molecule has 1 aromatic heterocycles. The molecule has 0 amide bonds. The van der Waals surface area contributed by atoms with Gasteiger partial charge in [0.1, 0.15) is 11.4 Å². The van der Waals surface area contributed by atoms with Crippen LogP contribution in [0.4, 0.5) is 11.4 Å². The molecule has 29 heavy (non-hydrogen) atoms. The summed E-state index contributed by atoms with van der Waals surface area (Å²) in [6.45, 7) is 0. The number of rotatable bonds is 8. The van der Waals surface area contributed by atoms with Gasteiger partial charge < -0.3 is 14.2 Å². The number of aromatic nitrogens is 2. The van der Waals surface area contributed by atoms with Gasteiger partial charge in [-0.2, -0.15) is 15.1 Å². The van der Waals surface area contributed by atoms with Crippen LogP contribution in [0.3, 0.4) is 0 Å². The molecular weight excluding hydrogens is 378 g/mol. The number of nitrogens with zero attached hydrogens (tertiary/aromatic N) is 4. The molecule has 0 aliphatic carbocycles. The highest BCUT2D eigenvalue weighted by atomic mass is 16.6. The van der Waals surface area contributed by atoms with Gasteiger partial charge in [0.25, 0.3) is 5.69 Å². The third-order valence-electron chi connectivity index (χ3n) is 3.69. The van der Waals surface area contributed by atoms with E-state index in [1.165, 1.54) is 32.6 Å². The van der Waals surface area contributed by atoms with Crippen molar-refractivity contribution in [2.75, 3.05) is 19.6 Å². The highest BCUT2D eigenvalue weighted by Crippen LogP contribution is 2.26. The summed E-state index contributed by atoms with van der Waals surface area (Å²) in [5, 5.41) is 15.2. The molecule has 1 heterocycles. The highest BCUT2D eigenvalue weighted by molar-refractivity contribution is 5.84. The van der Waals surface area contributed by atoms with Crippen LogP contribution in [-0.4, -0.2) is 35.3 Å². The normalized spacial score (nSPS) is 10.6. The average molecular weight is 395 g/mol. The van der Waals surface area contributed by atoms with E-state index in [-0.39, 0.29) is 29.1 Å². The lowest BCUT2D eigenvalue weighted by Gasteiger charge is -2.09. The lowest BCUT2D eigenvalue weighted by molar-refractivity contribution is -0.384. The van der Waals surface area contributed by atoms with E-state index < -0.39 is 4.92 Å². The van der Waals surface area contributed by atoms with Gasteiger partial charge in [-0.15, -0.1) is 0 Å². The van der Waals surface area contributed by atoms with Gasteiger partial charge in [-0.1, -0.05) is 24.3 Å². The van der Waals surface area contributed by atoms with Crippen molar-refractivity contribution in [1.29, 1.82) is 0 Å². The Morgan fingerprint density at radius 2 is 1.69 bits per heavy atom. The molecule has 0 saturated carbocycles. The van der Waals surface area contributed by atoms with Crippen LogP contribution in [0.2, 0.25) is 0 Å². The van der Waals surface area contributed by atoms with Crippen molar-refractivity contribution in [2.24, 2.45) is 5.10 Å². The summed E-state index contributed by atoms with van der Waals surface area (Å²) in [6, 6.07) is 14.8. The molecule has 0 bridgehead atoms. The van der Waals surface area contributed by atoms with Crippen LogP contribution in [0.1, 0.15) is 5.56 Å². The first-order valence-electron chi connectivity index (χ1n) is 8.37. The second-order valence-electron chi connectivity index (χ2n) is 5.52. The Bertz CT molecular complexity index is 1020. The fraction of sp³-hybridized carbons (Fsp3) is 0.105. The average Bonchev–Trinajstić information content (AvgIpc) is 2.74. The number of hydrogen-bond donors (Lipinski definition) is 1. The molecule has 3 rings (SSSR count). The maximum Gasteiger partial charge on any atom is 0.328 e. The van der Waals surface area contributed by atoms with Crippen molar-refractivity contribution in [2.45, 2.75) is 0 Å². The smallest absolute Gasteiger partial charge is 0.328 e. The van der Waals surface area contributed by atoms with Crippen molar-refractivity contribution < 1.29 is 19.1 Å². The van der Waals surface area contributed by atoms with Crippen LogP contribution in [-0.2, 0) is 0 Å². The Hall–Kier alpha value is -4.21. The molecule has 0 aliphatic rings. The fourth-order valence-corrected chi connectivity index (χ4v) is 2.32. The van der Waals surface area contributed by atoms with Crippen molar-refractivity contribution in [3.05, 3.63) is 70.3 Å². The molecule has 1 N–H and O–H groups in total. The second kappa shape index (κ2) is 9.13. The molecule has 0 aliphatic heterocycles. The van der Waals surface area contributed by atoms with Gasteiger partial charge in [0.2, 0.25) is 11.8 Å². The van der Waals surface area contributed by atoms with Crippen molar-refractivity contribution in [3.63, 3.8) is 0 Å². The first kappa shape index (κ1) is 19.5. The van der Waals surface area contributed by atoms with Crippen molar-refractivity contribution in [3.8, 4) is 23.5 Å². The molecule has 3 aromatic rings. The quantitative estimate of drug-likeness (QED) is 0.349. The molecule has 0 unspecified atom stereocenters. The van der Waals surface area contributed by atoms with Crippen LogP contribution in [0, 0.1) is 10.1 Å². The SMILES string of the molecule is COc1cc(OC)nc(Oc2ccccc2C=NNc2ccccc2[N+](=O)[O-])n1. The summed E-state index contributed by atoms with van der Waals surface area (Å²) >= 11 is 0. The molecule has 2 aromatic carbocycles. The van der Waals surface area contributed by atoms with Gasteiger partial charge in [0, 0.05) is 11.6 Å². The first-order valence-corrected chi connectivity index (χ1v) is 8.37. The van der Waals surface area contributed by atoms with Crippen LogP contribution in [0.25, 0.3) is 0 Å². The summed E-state index contributed by atoms with van der Waals surface area (Å²) in [5.41, 5.74) is 3.47. The lowest BCUT2D eigenvalue weighted by Crippen LogP contribution is -2.00. The number of benzene rings is 2. The van der Waals surface area contributed by atoms with E-state index >= 15 is 0 Å². The van der Waals surface area contributed by atoms with E-state index in [0.717, 1.165) is 0 Å². The van der Waals surface area contributed by atoms with E-state index in [2.05, 4.69) is 20.5 Å². The monoisotopic (exact) mass is 395 g/mol. The predicted molar refractivity (Wildman–Crippen MR) is 106 cm³/mol. The minimum atomic E-state index is -0.484. The zero-order valence-electron chi connectivity index (χ0n) is 15.6. The molecular formula is C19H17N5O5. The largest absolute Gasteiger partial charge is 0.481 e. The van der Waals surface area contributed by atoms with Crippen LogP contribution in [0.5, 0.6) is 23.5 Å². The predicted octanol–water partition coefficient (Wildman–Crippen LogP) is 3.64. The van der Waals surface area contributed by atoms with Gasteiger partial charge in [-0.3, -0.25) is 15.5 Å². The third-order valence-corrected chi connectivity index (χ3v) is 3.69. The van der Waals surface area contributed by atoms with Crippen LogP contribution < -0.4 is 19.6 Å². The fourth-order valence-electron chi connectivity index (χ4n) is 2.32. The van der Waals surface area contributed by atoms with E-state index in [1.807, 2.05) is 0 Å². The summed E-state index contributed by atoms with van der Waals surface area (Å²) in [4.78, 5) is 18.8. The van der Waals surface area contributed by atoms with Gasteiger partial charge in [0.15, 0.2) is 0 Å². The molecule has 0 saturated heterocycles. The summed E-state index contributed by atoms with van der Waals surface area (Å²) in [7, 11) is 2.95. The van der Waals surface area contributed by atoms with E-state index in [4.69, 9.17) is 14.2 Å². The molecule has 10 nitrogen and oxygen atoms in total. The van der Waals surface area contributed by atoms with Gasteiger partial charge in [0.05, 0.1) is 31.4 Å². The number of ether oxygens (including phenoxy) is 3. The number of methoxy groups -OCH3 is 2. The number of nitro benzene ring substituents is 1. The molecule has 0 spiro atoms. The van der Waals surface area contributed by atoms with Crippen molar-refractivity contribution in [1.82, 2.24) is 9.97 Å². The zero-order chi connectivity index (χ0) is 20.6.